The highest BCUT2D eigenvalue weighted by atomic mass is 32.2. The van der Waals surface area contributed by atoms with Crippen molar-refractivity contribution < 1.29 is 19.1 Å². The zero-order valence-electron chi connectivity index (χ0n) is 14.8. The van der Waals surface area contributed by atoms with Crippen LogP contribution in [0.25, 0.3) is 0 Å². The second kappa shape index (κ2) is 8.89. The average molecular weight is 364 g/mol. The van der Waals surface area contributed by atoms with Crippen molar-refractivity contribution in [1.29, 1.82) is 0 Å². The van der Waals surface area contributed by atoms with Crippen LogP contribution in [0.5, 0.6) is 0 Å². The molecule has 0 aliphatic carbocycles. The number of hydrogen-bond donors (Lipinski definition) is 1. The van der Waals surface area contributed by atoms with Gasteiger partial charge in [-0.05, 0) is 25.0 Å². The first-order valence-electron chi connectivity index (χ1n) is 8.38. The van der Waals surface area contributed by atoms with E-state index < -0.39 is 12.1 Å². The Morgan fingerprint density at radius 2 is 2.00 bits per heavy atom. The van der Waals surface area contributed by atoms with Crippen molar-refractivity contribution >= 4 is 35.2 Å². The van der Waals surface area contributed by atoms with Crippen LogP contribution in [-0.4, -0.2) is 42.7 Å². The predicted molar refractivity (Wildman–Crippen MR) is 97.5 cm³/mol. The third kappa shape index (κ3) is 5.49. The van der Waals surface area contributed by atoms with Gasteiger partial charge in [0.25, 0.3) is 5.91 Å². The standard InChI is InChI=1S/C18H24N2O4S/c1-12(2)10-19-18(23)13(3)24-17(22)8-9-20-14-6-4-5-7-15(14)25-11-16(20)21/h4-7,12-13H,8-11H2,1-3H3,(H,19,23)/t13-/m0/s1. The second-order valence-corrected chi connectivity index (χ2v) is 7.34. The summed E-state index contributed by atoms with van der Waals surface area (Å²) in [6.07, 6.45) is -0.793. The topological polar surface area (TPSA) is 75.7 Å². The molecule has 0 fully saturated rings. The zero-order chi connectivity index (χ0) is 18.4. The molecule has 0 spiro atoms. The van der Waals surface area contributed by atoms with Crippen molar-refractivity contribution in [2.75, 3.05) is 23.7 Å². The number of thioether (sulfide) groups is 1. The fourth-order valence-electron chi connectivity index (χ4n) is 2.36. The van der Waals surface area contributed by atoms with Gasteiger partial charge in [-0.25, -0.2) is 0 Å². The van der Waals surface area contributed by atoms with Crippen LogP contribution < -0.4 is 10.2 Å². The summed E-state index contributed by atoms with van der Waals surface area (Å²) in [5.74, 6) is -0.136. The van der Waals surface area contributed by atoms with Gasteiger partial charge in [-0.15, -0.1) is 11.8 Å². The molecule has 0 aromatic heterocycles. The summed E-state index contributed by atoms with van der Waals surface area (Å²) in [5, 5.41) is 2.73. The first kappa shape index (κ1) is 19.3. The number of nitrogens with one attached hydrogen (secondary N) is 1. The van der Waals surface area contributed by atoms with Gasteiger partial charge in [-0.2, -0.15) is 0 Å². The van der Waals surface area contributed by atoms with Gasteiger partial charge in [-0.3, -0.25) is 14.4 Å². The second-order valence-electron chi connectivity index (χ2n) is 6.32. The Kier molecular flexibility index (Phi) is 6.87. The summed E-state index contributed by atoms with van der Waals surface area (Å²) in [6, 6.07) is 7.61. The summed E-state index contributed by atoms with van der Waals surface area (Å²) in [6.45, 7) is 6.31. The lowest BCUT2D eigenvalue weighted by Gasteiger charge is -2.28. The lowest BCUT2D eigenvalue weighted by Crippen LogP contribution is -2.39. The van der Waals surface area contributed by atoms with E-state index in [4.69, 9.17) is 4.74 Å². The molecule has 1 heterocycles. The van der Waals surface area contributed by atoms with Crippen molar-refractivity contribution in [3.05, 3.63) is 24.3 Å². The molecule has 1 aliphatic heterocycles. The minimum Gasteiger partial charge on any atom is -0.452 e. The van der Waals surface area contributed by atoms with Crippen LogP contribution in [0.4, 0.5) is 5.69 Å². The number of ether oxygens (including phenoxy) is 1. The van der Waals surface area contributed by atoms with E-state index in [-0.39, 0.29) is 24.8 Å². The molecule has 1 aromatic carbocycles. The Hall–Kier alpha value is -2.02. The van der Waals surface area contributed by atoms with E-state index in [2.05, 4.69) is 5.32 Å². The monoisotopic (exact) mass is 364 g/mol. The molecule has 2 rings (SSSR count). The van der Waals surface area contributed by atoms with E-state index in [1.54, 1.807) is 11.8 Å². The Balaban J connectivity index is 1.85. The van der Waals surface area contributed by atoms with Gasteiger partial charge in [0, 0.05) is 18.0 Å². The Labute approximate surface area is 152 Å². The molecule has 7 heteroatoms. The van der Waals surface area contributed by atoms with Gasteiger partial charge in [0.1, 0.15) is 0 Å². The molecule has 1 aliphatic rings. The highest BCUT2D eigenvalue weighted by molar-refractivity contribution is 8.00. The smallest absolute Gasteiger partial charge is 0.308 e. The van der Waals surface area contributed by atoms with Gasteiger partial charge < -0.3 is 15.0 Å². The molecule has 1 N–H and O–H groups in total. The number of anilines is 1. The van der Waals surface area contributed by atoms with Crippen LogP contribution in [0.1, 0.15) is 27.2 Å². The van der Waals surface area contributed by atoms with E-state index in [0.29, 0.717) is 18.2 Å². The normalized spacial score (nSPS) is 14.9. The first-order chi connectivity index (χ1) is 11.9. The summed E-state index contributed by atoms with van der Waals surface area (Å²) in [4.78, 5) is 38.6. The highest BCUT2D eigenvalue weighted by Crippen LogP contribution is 2.34. The molecule has 25 heavy (non-hydrogen) atoms. The number of hydrogen-bond acceptors (Lipinski definition) is 5. The maximum absolute atomic E-state index is 12.1. The molecule has 1 atom stereocenters. The zero-order valence-corrected chi connectivity index (χ0v) is 15.6. The van der Waals surface area contributed by atoms with Crippen LogP contribution in [0.15, 0.2) is 29.2 Å². The van der Waals surface area contributed by atoms with Gasteiger partial charge >= 0.3 is 5.97 Å². The largest absolute Gasteiger partial charge is 0.452 e. The number of nitrogens with zero attached hydrogens (tertiary/aromatic N) is 1. The summed E-state index contributed by atoms with van der Waals surface area (Å²) in [5.41, 5.74) is 0.819. The minimum absolute atomic E-state index is 0.0285. The molecule has 6 nitrogen and oxygen atoms in total. The Morgan fingerprint density at radius 1 is 1.28 bits per heavy atom. The van der Waals surface area contributed by atoms with E-state index in [0.717, 1.165) is 10.6 Å². The van der Waals surface area contributed by atoms with Crippen LogP contribution in [0.2, 0.25) is 0 Å². The third-order valence-electron chi connectivity index (χ3n) is 3.71. The van der Waals surface area contributed by atoms with E-state index in [1.165, 1.54) is 11.8 Å². The number of carbonyl (C=O) groups excluding carboxylic acids is 3. The Morgan fingerprint density at radius 3 is 2.72 bits per heavy atom. The van der Waals surface area contributed by atoms with E-state index in [9.17, 15) is 14.4 Å². The molecular weight excluding hydrogens is 340 g/mol. The molecule has 0 saturated carbocycles. The van der Waals surface area contributed by atoms with Crippen LogP contribution in [0.3, 0.4) is 0 Å². The van der Waals surface area contributed by atoms with Crippen LogP contribution in [0, 0.1) is 5.92 Å². The molecule has 0 bridgehead atoms. The quantitative estimate of drug-likeness (QED) is 0.751. The number of benzene rings is 1. The average Bonchev–Trinajstić information content (AvgIpc) is 2.58. The summed E-state index contributed by atoms with van der Waals surface area (Å²) < 4.78 is 5.16. The number of rotatable bonds is 7. The molecule has 2 amide bonds. The van der Waals surface area contributed by atoms with Crippen molar-refractivity contribution in [3.8, 4) is 0 Å². The highest BCUT2D eigenvalue weighted by Gasteiger charge is 2.25. The number of carbonyl (C=O) groups is 3. The van der Waals surface area contributed by atoms with Crippen molar-refractivity contribution in [3.63, 3.8) is 0 Å². The van der Waals surface area contributed by atoms with Crippen LogP contribution in [-0.2, 0) is 19.1 Å². The van der Waals surface area contributed by atoms with Gasteiger partial charge in [0.15, 0.2) is 6.10 Å². The number of amides is 2. The summed E-state index contributed by atoms with van der Waals surface area (Å²) in [7, 11) is 0. The Bertz CT molecular complexity index is 648. The molecule has 0 radical (unpaired) electrons. The lowest BCUT2D eigenvalue weighted by atomic mass is 10.2. The van der Waals surface area contributed by atoms with E-state index >= 15 is 0 Å². The summed E-state index contributed by atoms with van der Waals surface area (Å²) >= 11 is 1.50. The number of esters is 1. The maximum atomic E-state index is 12.1. The molecule has 0 saturated heterocycles. The van der Waals surface area contributed by atoms with Gasteiger partial charge in [0.05, 0.1) is 17.9 Å². The SMILES string of the molecule is CC(C)CNC(=O)[C@H](C)OC(=O)CCN1C(=O)CSc2ccccc21. The minimum atomic E-state index is -0.842. The fraction of sp³-hybridized carbons (Fsp3) is 0.500. The van der Waals surface area contributed by atoms with Crippen molar-refractivity contribution in [1.82, 2.24) is 5.32 Å². The molecule has 136 valence electrons. The van der Waals surface area contributed by atoms with Crippen molar-refractivity contribution in [2.45, 2.75) is 38.2 Å². The van der Waals surface area contributed by atoms with Gasteiger partial charge in [-0.1, -0.05) is 26.0 Å². The lowest BCUT2D eigenvalue weighted by molar-refractivity contribution is -0.154. The van der Waals surface area contributed by atoms with Crippen LogP contribution >= 0.6 is 11.8 Å². The molecular formula is C18H24N2O4S. The van der Waals surface area contributed by atoms with E-state index in [1.807, 2.05) is 38.1 Å². The maximum Gasteiger partial charge on any atom is 0.308 e. The van der Waals surface area contributed by atoms with Crippen molar-refractivity contribution in [2.24, 2.45) is 5.92 Å². The third-order valence-corrected chi connectivity index (χ3v) is 4.76. The number of fused-ring (bicyclic) bond motifs is 1. The molecule has 0 unspecified atom stereocenters. The molecule has 1 aromatic rings. The van der Waals surface area contributed by atoms with Gasteiger partial charge in [0.2, 0.25) is 5.91 Å². The predicted octanol–water partition coefficient (Wildman–Crippen LogP) is 2.22. The fourth-order valence-corrected chi connectivity index (χ4v) is 3.30. The number of para-hydroxylation sites is 1. The first-order valence-corrected chi connectivity index (χ1v) is 9.36.